The third-order valence-corrected chi connectivity index (χ3v) is 8.06. The number of hydrogen-bond acceptors (Lipinski definition) is 6. The number of carbonyl (C=O) groups is 2. The highest BCUT2D eigenvalue weighted by Crippen LogP contribution is 2.37. The number of rotatable bonds is 9. The van der Waals surface area contributed by atoms with Crippen molar-refractivity contribution in [3.8, 4) is 5.75 Å². The molecule has 0 aromatic heterocycles. The number of carbonyl (C=O) groups excluding carboxylic acids is 2. The average Bonchev–Trinajstić information content (AvgIpc) is 3.36. The Morgan fingerprint density at radius 2 is 1.92 bits per heavy atom. The fourth-order valence-corrected chi connectivity index (χ4v) is 5.47. The number of benzene rings is 2. The van der Waals surface area contributed by atoms with Gasteiger partial charge in [-0.2, -0.15) is 5.10 Å². The minimum Gasteiger partial charge on any atom is -0.497 e. The maximum atomic E-state index is 13.9. The number of halogens is 1. The maximum absolute atomic E-state index is 13.9. The number of amides is 2. The van der Waals surface area contributed by atoms with E-state index in [1.165, 1.54) is 5.01 Å². The van der Waals surface area contributed by atoms with Crippen molar-refractivity contribution < 1.29 is 19.1 Å². The van der Waals surface area contributed by atoms with Crippen molar-refractivity contribution in [3.05, 3.63) is 64.7 Å². The van der Waals surface area contributed by atoms with Crippen molar-refractivity contribution >= 4 is 29.1 Å². The molecule has 202 valence electrons. The number of nitrogens with zero attached hydrogens (tertiary/aromatic N) is 4. The molecule has 2 amide bonds. The molecule has 38 heavy (non-hydrogen) atoms. The van der Waals surface area contributed by atoms with Gasteiger partial charge in [0.2, 0.25) is 5.91 Å². The lowest BCUT2D eigenvalue weighted by Crippen LogP contribution is -2.49. The molecule has 0 radical (unpaired) electrons. The minimum atomic E-state index is -0.350. The van der Waals surface area contributed by atoms with Crippen molar-refractivity contribution in [1.29, 1.82) is 0 Å². The lowest BCUT2D eigenvalue weighted by molar-refractivity contribution is -0.145. The van der Waals surface area contributed by atoms with Crippen LogP contribution in [-0.4, -0.2) is 85.4 Å². The van der Waals surface area contributed by atoms with Gasteiger partial charge in [-0.3, -0.25) is 14.5 Å². The topological polar surface area (TPSA) is 74.7 Å². The molecule has 0 spiro atoms. The fraction of sp³-hybridized carbons (Fsp3) is 0.483. The molecule has 5 rings (SSSR count). The second kappa shape index (κ2) is 12.3. The summed E-state index contributed by atoms with van der Waals surface area (Å²) in [4.78, 5) is 31.2. The highest BCUT2D eigenvalue weighted by atomic mass is 35.5. The molecule has 1 aliphatic carbocycles. The van der Waals surface area contributed by atoms with Gasteiger partial charge < -0.3 is 14.4 Å². The third-order valence-electron chi connectivity index (χ3n) is 7.72. The quantitative estimate of drug-likeness (QED) is 0.483. The zero-order chi connectivity index (χ0) is 26.5. The average molecular weight is 539 g/mol. The molecule has 2 aromatic carbocycles. The summed E-state index contributed by atoms with van der Waals surface area (Å²) >= 11 is 6.59. The molecule has 0 unspecified atom stereocenters. The Balaban J connectivity index is 1.38. The molecule has 0 bridgehead atoms. The largest absolute Gasteiger partial charge is 0.497 e. The van der Waals surface area contributed by atoms with Gasteiger partial charge in [0.25, 0.3) is 5.91 Å². The van der Waals surface area contributed by atoms with Crippen molar-refractivity contribution in [2.75, 3.05) is 53.0 Å². The van der Waals surface area contributed by atoms with E-state index in [1.807, 2.05) is 48.5 Å². The number of methoxy groups -OCH3 is 1. The Morgan fingerprint density at radius 1 is 1.13 bits per heavy atom. The molecule has 9 heteroatoms. The van der Waals surface area contributed by atoms with Crippen LogP contribution in [0, 0.1) is 5.92 Å². The van der Waals surface area contributed by atoms with Crippen LogP contribution in [0.2, 0.25) is 5.02 Å². The summed E-state index contributed by atoms with van der Waals surface area (Å²) in [6, 6.07) is 14.9. The number of hydrazone groups is 1. The van der Waals surface area contributed by atoms with Crippen LogP contribution in [0.1, 0.15) is 42.9 Å². The molecular formula is C29H35ClN4O4. The molecule has 2 heterocycles. The van der Waals surface area contributed by atoms with Gasteiger partial charge >= 0.3 is 0 Å². The first-order valence-corrected chi connectivity index (χ1v) is 13.8. The predicted octanol–water partition coefficient (Wildman–Crippen LogP) is 3.99. The standard InChI is InChI=1S/C29H35ClN4O4/c1-37-23-9-5-8-22(18-23)26-19-27(24-10-2-3-11-25(24)30)34(31-26)28(35)20-33(29(36)21-6-4-7-21)13-12-32-14-16-38-17-15-32/h2-3,5,8-11,18,21,27H,4,6-7,12-17,19-20H2,1H3/t27-/m0/s1. The SMILES string of the molecule is COc1cccc(C2=NN(C(=O)CN(CCN3CCOCC3)C(=O)C3CCC3)[C@H](c3ccccc3Cl)C2)c1. The summed E-state index contributed by atoms with van der Waals surface area (Å²) < 4.78 is 10.9. The van der Waals surface area contributed by atoms with E-state index in [1.54, 1.807) is 12.0 Å². The van der Waals surface area contributed by atoms with Gasteiger partial charge in [-0.15, -0.1) is 0 Å². The van der Waals surface area contributed by atoms with Crippen LogP contribution in [0.5, 0.6) is 5.75 Å². The van der Waals surface area contributed by atoms with Gasteiger partial charge in [-0.1, -0.05) is 48.4 Å². The zero-order valence-corrected chi connectivity index (χ0v) is 22.6. The zero-order valence-electron chi connectivity index (χ0n) is 21.9. The highest BCUT2D eigenvalue weighted by Gasteiger charge is 2.37. The van der Waals surface area contributed by atoms with E-state index >= 15 is 0 Å². The van der Waals surface area contributed by atoms with Crippen LogP contribution in [-0.2, 0) is 14.3 Å². The summed E-state index contributed by atoms with van der Waals surface area (Å²) in [5.41, 5.74) is 2.52. The molecule has 2 fully saturated rings. The number of morpholine rings is 1. The highest BCUT2D eigenvalue weighted by molar-refractivity contribution is 6.31. The molecule has 1 atom stereocenters. The van der Waals surface area contributed by atoms with Crippen molar-refractivity contribution in [1.82, 2.24) is 14.8 Å². The van der Waals surface area contributed by atoms with Gasteiger partial charge in [0.15, 0.2) is 0 Å². The van der Waals surface area contributed by atoms with Crippen LogP contribution >= 0.6 is 11.6 Å². The van der Waals surface area contributed by atoms with E-state index in [0.29, 0.717) is 31.2 Å². The van der Waals surface area contributed by atoms with Gasteiger partial charge in [0.05, 0.1) is 32.1 Å². The first kappa shape index (κ1) is 26.7. The molecule has 8 nitrogen and oxygen atoms in total. The Labute approximate surface area is 229 Å². The van der Waals surface area contributed by atoms with Gasteiger partial charge in [0.1, 0.15) is 12.3 Å². The van der Waals surface area contributed by atoms with E-state index in [2.05, 4.69) is 4.90 Å². The maximum Gasteiger partial charge on any atom is 0.262 e. The van der Waals surface area contributed by atoms with Crippen LogP contribution < -0.4 is 4.74 Å². The lowest BCUT2D eigenvalue weighted by Gasteiger charge is -2.34. The molecule has 3 aliphatic rings. The number of ether oxygens (including phenoxy) is 2. The lowest BCUT2D eigenvalue weighted by atomic mass is 9.84. The second-order valence-electron chi connectivity index (χ2n) is 10.1. The van der Waals surface area contributed by atoms with Gasteiger partial charge in [0, 0.05) is 49.1 Å². The second-order valence-corrected chi connectivity index (χ2v) is 10.5. The number of hydrogen-bond donors (Lipinski definition) is 0. The van der Waals surface area contributed by atoms with E-state index in [4.69, 9.17) is 26.2 Å². The van der Waals surface area contributed by atoms with Crippen LogP contribution in [0.4, 0.5) is 0 Å². The van der Waals surface area contributed by atoms with E-state index in [9.17, 15) is 9.59 Å². The monoisotopic (exact) mass is 538 g/mol. The Hall–Kier alpha value is -2.94. The van der Waals surface area contributed by atoms with E-state index in [-0.39, 0.29) is 30.3 Å². The molecule has 2 aromatic rings. The molecule has 2 aliphatic heterocycles. The summed E-state index contributed by atoms with van der Waals surface area (Å²) in [7, 11) is 1.63. The van der Waals surface area contributed by atoms with Crippen LogP contribution in [0.25, 0.3) is 0 Å². The normalized spacial score (nSPS) is 20.1. The molecule has 1 saturated carbocycles. The summed E-state index contributed by atoms with van der Waals surface area (Å²) in [6.07, 6.45) is 3.37. The first-order chi connectivity index (χ1) is 18.5. The van der Waals surface area contributed by atoms with Gasteiger partial charge in [-0.25, -0.2) is 5.01 Å². The Morgan fingerprint density at radius 3 is 2.63 bits per heavy atom. The van der Waals surface area contributed by atoms with Crippen molar-refractivity contribution in [2.45, 2.75) is 31.7 Å². The predicted molar refractivity (Wildman–Crippen MR) is 146 cm³/mol. The molecular weight excluding hydrogens is 504 g/mol. The van der Waals surface area contributed by atoms with Crippen molar-refractivity contribution in [3.63, 3.8) is 0 Å². The minimum absolute atomic E-state index is 0.00445. The van der Waals surface area contributed by atoms with Crippen molar-refractivity contribution in [2.24, 2.45) is 11.0 Å². The fourth-order valence-electron chi connectivity index (χ4n) is 5.21. The van der Waals surface area contributed by atoms with E-state index < -0.39 is 0 Å². The Bertz CT molecular complexity index is 1180. The van der Waals surface area contributed by atoms with Crippen LogP contribution in [0.3, 0.4) is 0 Å². The summed E-state index contributed by atoms with van der Waals surface area (Å²) in [5.74, 6) is 0.608. The van der Waals surface area contributed by atoms with Crippen LogP contribution in [0.15, 0.2) is 53.6 Å². The Kier molecular flexibility index (Phi) is 8.61. The summed E-state index contributed by atoms with van der Waals surface area (Å²) in [5, 5.41) is 6.92. The molecule has 1 saturated heterocycles. The summed E-state index contributed by atoms with van der Waals surface area (Å²) in [6.45, 7) is 4.31. The van der Waals surface area contributed by atoms with Gasteiger partial charge in [-0.05, 0) is 36.6 Å². The molecule has 0 N–H and O–H groups in total. The third kappa shape index (κ3) is 6.03. The van der Waals surface area contributed by atoms with E-state index in [0.717, 1.165) is 61.5 Å². The smallest absolute Gasteiger partial charge is 0.262 e. The first-order valence-electron chi connectivity index (χ1n) is 13.4.